The van der Waals surface area contributed by atoms with Crippen LogP contribution < -0.4 is 0 Å². The van der Waals surface area contributed by atoms with Gasteiger partial charge in [-0.3, -0.25) is 0 Å². The van der Waals surface area contributed by atoms with Crippen LogP contribution in [0.25, 0.3) is 11.5 Å². The minimum absolute atomic E-state index is 0.194. The number of hydrogen-bond donors (Lipinski definition) is 1. The van der Waals surface area contributed by atoms with Crippen LogP contribution in [0.2, 0.25) is 0 Å². The summed E-state index contributed by atoms with van der Waals surface area (Å²) in [7, 11) is 0. The first kappa shape index (κ1) is 14.2. The summed E-state index contributed by atoms with van der Waals surface area (Å²) in [6.45, 7) is 5.87. The minimum atomic E-state index is -0.312. The van der Waals surface area contributed by atoms with E-state index >= 15 is 0 Å². The molecule has 0 bridgehead atoms. The van der Waals surface area contributed by atoms with Gasteiger partial charge >= 0.3 is 0 Å². The molecule has 2 aromatic rings. The Bertz CT molecular complexity index is 519. The van der Waals surface area contributed by atoms with E-state index < -0.39 is 0 Å². The van der Waals surface area contributed by atoms with Gasteiger partial charge in [-0.15, -0.1) is 11.8 Å². The van der Waals surface area contributed by atoms with Crippen LogP contribution in [0.1, 0.15) is 25.1 Å². The Morgan fingerprint density at radius 1 is 1.26 bits per heavy atom. The van der Waals surface area contributed by atoms with Crippen LogP contribution in [0.5, 0.6) is 0 Å². The van der Waals surface area contributed by atoms with Gasteiger partial charge in [0.25, 0.3) is 0 Å². The normalized spacial score (nSPS) is 14.3. The molecule has 0 aliphatic carbocycles. The van der Waals surface area contributed by atoms with Crippen molar-refractivity contribution in [3.63, 3.8) is 0 Å². The average molecular weight is 277 g/mol. The fraction of sp³-hybridized carbons (Fsp3) is 0.400. The molecule has 102 valence electrons. The quantitative estimate of drug-likeness (QED) is 0.906. The van der Waals surface area contributed by atoms with Crippen molar-refractivity contribution in [2.45, 2.75) is 37.9 Å². The first-order valence-corrected chi connectivity index (χ1v) is 7.42. The zero-order valence-electron chi connectivity index (χ0n) is 11.5. The van der Waals surface area contributed by atoms with Crippen molar-refractivity contribution in [2.24, 2.45) is 0 Å². The lowest BCUT2D eigenvalue weighted by Gasteiger charge is -2.12. The van der Waals surface area contributed by atoms with E-state index in [9.17, 15) is 5.11 Å². The third kappa shape index (κ3) is 3.85. The molecule has 1 heterocycles. The second-order valence-corrected chi connectivity index (χ2v) is 6.13. The zero-order chi connectivity index (χ0) is 13.8. The number of rotatable bonds is 5. The zero-order valence-corrected chi connectivity index (χ0v) is 12.3. The Hall–Kier alpha value is -1.26. The Morgan fingerprint density at radius 3 is 2.58 bits per heavy atom. The van der Waals surface area contributed by atoms with Crippen LogP contribution in [-0.2, 0) is 5.75 Å². The van der Waals surface area contributed by atoms with Gasteiger partial charge in [-0.1, -0.05) is 24.6 Å². The van der Waals surface area contributed by atoms with E-state index in [1.807, 2.05) is 31.2 Å². The molecule has 0 spiro atoms. The van der Waals surface area contributed by atoms with Crippen LogP contribution in [0.4, 0.5) is 0 Å². The van der Waals surface area contributed by atoms with Crippen molar-refractivity contribution >= 4 is 11.8 Å². The third-order valence-corrected chi connectivity index (χ3v) is 4.41. The molecule has 1 N–H and O–H groups in total. The first-order chi connectivity index (χ1) is 9.06. The van der Waals surface area contributed by atoms with Crippen LogP contribution >= 0.6 is 11.8 Å². The second kappa shape index (κ2) is 6.26. The van der Waals surface area contributed by atoms with E-state index in [1.54, 1.807) is 24.9 Å². The number of aromatic nitrogens is 1. The molecule has 0 amide bonds. The summed E-state index contributed by atoms with van der Waals surface area (Å²) in [6.07, 6.45) is 1.38. The fourth-order valence-corrected chi connectivity index (χ4v) is 2.40. The Morgan fingerprint density at radius 2 is 1.95 bits per heavy atom. The number of oxazole rings is 1. The van der Waals surface area contributed by atoms with Gasteiger partial charge in [0.1, 0.15) is 6.26 Å². The van der Waals surface area contributed by atoms with Gasteiger partial charge < -0.3 is 9.52 Å². The van der Waals surface area contributed by atoms with Gasteiger partial charge in [0.2, 0.25) is 5.89 Å². The van der Waals surface area contributed by atoms with E-state index in [0.29, 0.717) is 5.89 Å². The highest BCUT2D eigenvalue weighted by Crippen LogP contribution is 2.23. The summed E-state index contributed by atoms with van der Waals surface area (Å²) in [4.78, 5) is 4.47. The van der Waals surface area contributed by atoms with Crippen molar-refractivity contribution in [1.82, 2.24) is 4.98 Å². The van der Waals surface area contributed by atoms with E-state index in [1.165, 1.54) is 5.56 Å². The molecule has 0 radical (unpaired) electrons. The molecule has 3 nitrogen and oxygen atoms in total. The van der Waals surface area contributed by atoms with Crippen LogP contribution in [0.15, 0.2) is 34.9 Å². The lowest BCUT2D eigenvalue weighted by molar-refractivity contribution is 0.196. The summed E-state index contributed by atoms with van der Waals surface area (Å²) in [5.74, 6) is 1.40. The van der Waals surface area contributed by atoms with Gasteiger partial charge in [0.15, 0.2) is 0 Å². The number of aliphatic hydroxyl groups is 1. The van der Waals surface area contributed by atoms with Crippen molar-refractivity contribution in [3.05, 3.63) is 41.8 Å². The predicted molar refractivity (Wildman–Crippen MR) is 79.1 cm³/mol. The monoisotopic (exact) mass is 277 g/mol. The van der Waals surface area contributed by atoms with Gasteiger partial charge in [0.05, 0.1) is 11.8 Å². The van der Waals surface area contributed by atoms with E-state index in [4.69, 9.17) is 4.42 Å². The van der Waals surface area contributed by atoms with Crippen LogP contribution in [-0.4, -0.2) is 21.4 Å². The molecule has 0 fully saturated rings. The van der Waals surface area contributed by atoms with E-state index in [-0.39, 0.29) is 11.4 Å². The van der Waals surface area contributed by atoms with Crippen molar-refractivity contribution in [1.29, 1.82) is 0 Å². The largest absolute Gasteiger partial charge is 0.444 e. The summed E-state index contributed by atoms with van der Waals surface area (Å²) in [5, 5.41) is 9.64. The summed E-state index contributed by atoms with van der Waals surface area (Å²) >= 11 is 1.68. The highest BCUT2D eigenvalue weighted by molar-refractivity contribution is 7.99. The number of benzene rings is 1. The van der Waals surface area contributed by atoms with Crippen LogP contribution in [0.3, 0.4) is 0 Å². The summed E-state index contributed by atoms with van der Waals surface area (Å²) in [6, 6.07) is 8.11. The van der Waals surface area contributed by atoms with E-state index in [0.717, 1.165) is 17.0 Å². The maximum Gasteiger partial charge on any atom is 0.226 e. The molecule has 1 aromatic carbocycles. The van der Waals surface area contributed by atoms with Gasteiger partial charge in [-0.2, -0.15) is 0 Å². The average Bonchev–Trinajstić information content (AvgIpc) is 2.85. The lowest BCUT2D eigenvalue weighted by atomic mass is 10.1. The lowest BCUT2D eigenvalue weighted by Crippen LogP contribution is -2.15. The van der Waals surface area contributed by atoms with Crippen molar-refractivity contribution in [3.8, 4) is 11.5 Å². The van der Waals surface area contributed by atoms with Gasteiger partial charge in [-0.25, -0.2) is 4.98 Å². The molecule has 2 rings (SSSR count). The molecule has 1 aromatic heterocycles. The third-order valence-electron chi connectivity index (χ3n) is 3.02. The maximum atomic E-state index is 9.44. The molecule has 4 heteroatoms. The Labute approximate surface area is 118 Å². The van der Waals surface area contributed by atoms with Gasteiger partial charge in [0, 0.05) is 16.6 Å². The number of aryl methyl sites for hydroxylation is 1. The molecule has 19 heavy (non-hydrogen) atoms. The summed E-state index contributed by atoms with van der Waals surface area (Å²) < 4.78 is 5.50. The molecule has 2 unspecified atom stereocenters. The first-order valence-electron chi connectivity index (χ1n) is 6.37. The van der Waals surface area contributed by atoms with Gasteiger partial charge in [-0.05, 0) is 26.0 Å². The predicted octanol–water partition coefficient (Wildman–Crippen LogP) is 3.65. The number of hydrogen-bond acceptors (Lipinski definition) is 4. The number of aliphatic hydroxyl groups excluding tert-OH is 1. The molecular formula is C15H19NO2S. The van der Waals surface area contributed by atoms with Crippen LogP contribution in [0, 0.1) is 6.92 Å². The molecule has 0 aliphatic heterocycles. The minimum Gasteiger partial charge on any atom is -0.444 e. The highest BCUT2D eigenvalue weighted by atomic mass is 32.2. The van der Waals surface area contributed by atoms with Crippen molar-refractivity contribution in [2.75, 3.05) is 0 Å². The second-order valence-electron chi connectivity index (χ2n) is 4.77. The standard InChI is InChI=1S/C15H19NO2S/c1-10-4-6-13(7-5-10)15-16-14(8-18-15)9-19-12(3)11(2)17/h4-8,11-12,17H,9H2,1-3H3. The highest BCUT2D eigenvalue weighted by Gasteiger charge is 2.12. The molecule has 0 saturated heterocycles. The molecule has 0 aliphatic rings. The summed E-state index contributed by atoms with van der Waals surface area (Å²) in [5.41, 5.74) is 3.12. The molecular weight excluding hydrogens is 258 g/mol. The van der Waals surface area contributed by atoms with E-state index in [2.05, 4.69) is 11.9 Å². The van der Waals surface area contributed by atoms with Crippen molar-refractivity contribution < 1.29 is 9.52 Å². The number of thioether (sulfide) groups is 1. The SMILES string of the molecule is Cc1ccc(-c2nc(CSC(C)C(C)O)co2)cc1. The maximum absolute atomic E-state index is 9.44. The Balaban J connectivity index is 2.01. The number of nitrogens with zero attached hydrogens (tertiary/aromatic N) is 1. The Kier molecular flexibility index (Phi) is 4.66. The topological polar surface area (TPSA) is 46.3 Å². The molecule has 2 atom stereocenters. The fourth-order valence-electron chi connectivity index (χ4n) is 1.56. The molecule has 0 saturated carbocycles. The smallest absolute Gasteiger partial charge is 0.226 e.